The van der Waals surface area contributed by atoms with Crippen molar-refractivity contribution in [3.63, 3.8) is 0 Å². The molecule has 3 fully saturated rings. The number of hydrogen-bond acceptors (Lipinski definition) is 6. The van der Waals surface area contributed by atoms with E-state index in [0.717, 1.165) is 25.1 Å². The van der Waals surface area contributed by atoms with Gasteiger partial charge in [0.2, 0.25) is 5.91 Å². The molecule has 2 aliphatic heterocycles. The van der Waals surface area contributed by atoms with E-state index < -0.39 is 23.3 Å². The van der Waals surface area contributed by atoms with Crippen molar-refractivity contribution in [3.8, 4) is 0 Å². The van der Waals surface area contributed by atoms with Crippen molar-refractivity contribution in [3.05, 3.63) is 29.1 Å². The number of halogens is 3. The molecule has 1 aromatic rings. The highest BCUT2D eigenvalue weighted by atomic mass is 19.4. The molecule has 0 bridgehead atoms. The summed E-state index contributed by atoms with van der Waals surface area (Å²) in [6.07, 6.45) is -0.511. The minimum Gasteiger partial charge on any atom is -0.393 e. The first-order valence-corrected chi connectivity index (χ1v) is 12.1. The quantitative estimate of drug-likeness (QED) is 0.684. The number of ether oxygens (including phenoxy) is 2. The maximum Gasteiger partial charge on any atom is 0.417 e. The van der Waals surface area contributed by atoms with Crippen LogP contribution >= 0.6 is 0 Å². The number of fused-ring (bicyclic) bond motifs is 2. The summed E-state index contributed by atoms with van der Waals surface area (Å²) >= 11 is 0. The van der Waals surface area contributed by atoms with Gasteiger partial charge in [0.05, 0.1) is 29.8 Å². The normalized spacial score (nSPS) is 35.8. The first kappa shape index (κ1) is 24.0. The molecule has 4 aliphatic rings. The average Bonchev–Trinajstić information content (AvgIpc) is 3.30. The van der Waals surface area contributed by atoms with Crippen molar-refractivity contribution >= 4 is 5.91 Å². The van der Waals surface area contributed by atoms with Crippen LogP contribution in [0.3, 0.4) is 0 Å². The van der Waals surface area contributed by atoms with Gasteiger partial charge in [-0.2, -0.15) is 13.2 Å². The fourth-order valence-electron chi connectivity index (χ4n) is 6.65. The average molecular weight is 484 g/mol. The smallest absolute Gasteiger partial charge is 0.393 e. The van der Waals surface area contributed by atoms with Crippen molar-refractivity contribution in [1.29, 1.82) is 0 Å². The van der Waals surface area contributed by atoms with Crippen molar-refractivity contribution in [2.75, 3.05) is 26.9 Å². The van der Waals surface area contributed by atoms with Crippen LogP contribution in [0.4, 0.5) is 13.2 Å². The predicted octanol–water partition coefficient (Wildman–Crippen LogP) is 2.30. The Morgan fingerprint density at radius 3 is 2.94 bits per heavy atom. The number of nitrogens with zero attached hydrogens (tertiary/aromatic N) is 2. The molecule has 0 radical (unpaired) electrons. The lowest BCUT2D eigenvalue weighted by atomic mass is 9.78. The summed E-state index contributed by atoms with van der Waals surface area (Å²) < 4.78 is 50.7. The second-order valence-corrected chi connectivity index (χ2v) is 10.3. The van der Waals surface area contributed by atoms with Crippen LogP contribution in [0.2, 0.25) is 0 Å². The molecular weight excluding hydrogens is 451 g/mol. The van der Waals surface area contributed by atoms with Crippen molar-refractivity contribution < 1.29 is 32.5 Å². The minimum atomic E-state index is -4.47. The second-order valence-electron chi connectivity index (χ2n) is 10.3. The van der Waals surface area contributed by atoms with E-state index in [4.69, 9.17) is 9.47 Å². The third-order valence-corrected chi connectivity index (χ3v) is 8.25. The molecule has 1 saturated heterocycles. The Morgan fingerprint density at radius 1 is 1.35 bits per heavy atom. The molecule has 2 unspecified atom stereocenters. The number of carbonyl (C=O) groups excluding carboxylic acids is 1. The van der Waals surface area contributed by atoms with Gasteiger partial charge in [0.25, 0.3) is 0 Å². The van der Waals surface area contributed by atoms with Gasteiger partial charge in [-0.25, -0.2) is 0 Å². The van der Waals surface area contributed by atoms with E-state index in [2.05, 4.69) is 10.3 Å². The molecule has 6 atom stereocenters. The van der Waals surface area contributed by atoms with Gasteiger partial charge in [0.15, 0.2) is 0 Å². The van der Waals surface area contributed by atoms with Gasteiger partial charge in [-0.05, 0) is 49.7 Å². The number of methoxy groups -OCH3 is 1. The van der Waals surface area contributed by atoms with Crippen LogP contribution in [0.25, 0.3) is 0 Å². The van der Waals surface area contributed by atoms with Gasteiger partial charge < -0.3 is 24.8 Å². The van der Waals surface area contributed by atoms with Crippen molar-refractivity contribution in [2.24, 2.45) is 11.3 Å². The van der Waals surface area contributed by atoms with E-state index in [1.54, 1.807) is 12.0 Å². The lowest BCUT2D eigenvalue weighted by molar-refractivity contribution is -0.145. The monoisotopic (exact) mass is 483 g/mol. The lowest BCUT2D eigenvalue weighted by Crippen LogP contribution is -2.51. The van der Waals surface area contributed by atoms with Crippen LogP contribution in [0, 0.1) is 11.3 Å². The molecule has 1 aromatic heterocycles. The Morgan fingerprint density at radius 2 is 2.18 bits per heavy atom. The van der Waals surface area contributed by atoms with Crippen LogP contribution in [0.5, 0.6) is 0 Å². The molecule has 2 aliphatic carbocycles. The van der Waals surface area contributed by atoms with Crippen LogP contribution in [0.1, 0.15) is 48.9 Å². The van der Waals surface area contributed by atoms with E-state index in [1.807, 2.05) is 0 Å². The fourth-order valence-corrected chi connectivity index (χ4v) is 6.65. The van der Waals surface area contributed by atoms with Gasteiger partial charge in [-0.1, -0.05) is 0 Å². The highest BCUT2D eigenvalue weighted by Crippen LogP contribution is 2.55. The SMILES string of the molecule is COC1COCCC1N[C@@H]1C[C@H]2C[C@H](O)C[C@@]2(C(=O)N2CCc3ncc(C(F)(F)F)cc3C2)C1. The molecule has 0 spiro atoms. The molecule has 7 nitrogen and oxygen atoms in total. The Kier molecular flexibility index (Phi) is 6.37. The molecule has 10 heteroatoms. The van der Waals surface area contributed by atoms with Gasteiger partial charge in [0, 0.05) is 57.2 Å². The molecule has 2 saturated carbocycles. The number of pyridine rings is 1. The third-order valence-electron chi connectivity index (χ3n) is 8.25. The highest BCUT2D eigenvalue weighted by molar-refractivity contribution is 5.84. The summed E-state index contributed by atoms with van der Waals surface area (Å²) in [7, 11) is 1.67. The molecule has 188 valence electrons. The van der Waals surface area contributed by atoms with Crippen LogP contribution in [0.15, 0.2) is 12.3 Å². The van der Waals surface area contributed by atoms with E-state index >= 15 is 0 Å². The van der Waals surface area contributed by atoms with E-state index in [-0.39, 0.29) is 36.6 Å². The molecule has 2 N–H and O–H groups in total. The third kappa shape index (κ3) is 4.34. The second kappa shape index (κ2) is 9.04. The highest BCUT2D eigenvalue weighted by Gasteiger charge is 2.59. The molecule has 3 heterocycles. The number of alkyl halides is 3. The number of aliphatic hydroxyl groups is 1. The lowest BCUT2D eigenvalue weighted by Gasteiger charge is -2.38. The number of aliphatic hydroxyl groups excluding tert-OH is 1. The van der Waals surface area contributed by atoms with Crippen molar-refractivity contribution in [2.45, 2.75) is 75.5 Å². The Bertz CT molecular complexity index is 929. The van der Waals surface area contributed by atoms with E-state index in [9.17, 15) is 23.1 Å². The molecular formula is C24H32F3N3O4. The molecule has 0 aromatic carbocycles. The Hall–Kier alpha value is -1.75. The predicted molar refractivity (Wildman–Crippen MR) is 116 cm³/mol. The van der Waals surface area contributed by atoms with Gasteiger partial charge in [-0.3, -0.25) is 9.78 Å². The zero-order valence-electron chi connectivity index (χ0n) is 19.3. The largest absolute Gasteiger partial charge is 0.417 e. The summed E-state index contributed by atoms with van der Waals surface area (Å²) in [6.45, 7) is 1.75. The summed E-state index contributed by atoms with van der Waals surface area (Å²) in [5, 5.41) is 14.1. The summed E-state index contributed by atoms with van der Waals surface area (Å²) in [6, 6.07) is 1.39. The maximum absolute atomic E-state index is 13.9. The standard InChI is InChI=1S/C24H32F3N3O4/c1-33-21-13-34-5-3-20(21)29-17-7-15-8-18(31)10-23(15,9-17)22(32)30-4-2-19-14(12-30)6-16(11-28-19)24(25,26)27/h6,11,15,17-18,20-21,29,31H,2-5,7-10,12-13H2,1H3/t15-,17+,18-,20?,21?,23-/m0/s1. The molecule has 34 heavy (non-hydrogen) atoms. The Labute approximate surface area is 197 Å². The topological polar surface area (TPSA) is 83.9 Å². The van der Waals surface area contributed by atoms with Crippen molar-refractivity contribution in [1.82, 2.24) is 15.2 Å². The van der Waals surface area contributed by atoms with Crippen LogP contribution < -0.4 is 5.32 Å². The zero-order valence-corrected chi connectivity index (χ0v) is 19.3. The van der Waals surface area contributed by atoms with Crippen LogP contribution in [-0.4, -0.2) is 72.1 Å². The molecule has 1 amide bonds. The molecule has 5 rings (SSSR count). The van der Waals surface area contributed by atoms with E-state index in [1.165, 1.54) is 0 Å². The number of carbonyl (C=O) groups is 1. The Balaban J connectivity index is 1.33. The number of rotatable bonds is 4. The van der Waals surface area contributed by atoms with E-state index in [0.29, 0.717) is 56.7 Å². The maximum atomic E-state index is 13.9. The zero-order chi connectivity index (χ0) is 24.1. The van der Waals surface area contributed by atoms with Gasteiger partial charge >= 0.3 is 6.18 Å². The van der Waals surface area contributed by atoms with Crippen LogP contribution in [-0.2, 0) is 33.4 Å². The summed E-state index contributed by atoms with van der Waals surface area (Å²) in [5.74, 6) is 0.00560. The van der Waals surface area contributed by atoms with Gasteiger partial charge in [0.1, 0.15) is 0 Å². The minimum absolute atomic E-state index is 0.0413. The number of hydrogen-bond donors (Lipinski definition) is 2. The first-order valence-electron chi connectivity index (χ1n) is 12.1. The number of aromatic nitrogens is 1. The summed E-state index contributed by atoms with van der Waals surface area (Å²) in [4.78, 5) is 19.6. The summed E-state index contributed by atoms with van der Waals surface area (Å²) in [5.41, 5.74) is -0.397. The fraction of sp³-hybridized carbons (Fsp3) is 0.750. The number of nitrogens with one attached hydrogen (secondary N) is 1. The van der Waals surface area contributed by atoms with Gasteiger partial charge in [-0.15, -0.1) is 0 Å². The first-order chi connectivity index (χ1) is 16.2. The number of amides is 1.